The zero-order valence-corrected chi connectivity index (χ0v) is 16.2. The van der Waals surface area contributed by atoms with E-state index < -0.39 is 6.10 Å². The smallest absolute Gasteiger partial charge is 0.257 e. The number of aliphatic hydroxyl groups is 1. The first-order valence-electron chi connectivity index (χ1n) is 8.81. The average Bonchev–Trinajstić information content (AvgIpc) is 3.38. The second-order valence-electron chi connectivity index (χ2n) is 6.51. The molecule has 1 aromatic carbocycles. The van der Waals surface area contributed by atoms with Crippen LogP contribution in [0.15, 0.2) is 52.3 Å². The molecule has 0 aliphatic carbocycles. The number of H-pyrrole nitrogens is 1. The molecule has 0 aliphatic heterocycles. The lowest BCUT2D eigenvalue weighted by atomic mass is 10.1. The van der Waals surface area contributed by atoms with Crippen molar-refractivity contribution in [3.05, 3.63) is 81.2 Å². The number of aliphatic hydroxyl groups excluding tert-OH is 1. The van der Waals surface area contributed by atoms with E-state index in [0.717, 1.165) is 5.56 Å². The maximum absolute atomic E-state index is 12.6. The summed E-state index contributed by atoms with van der Waals surface area (Å²) in [4.78, 5) is 21.2. The molecule has 2 N–H and O–H groups in total. The molecule has 0 fully saturated rings. The molecule has 148 valence electrons. The molecule has 1 atom stereocenters. The second kappa shape index (κ2) is 7.98. The standard InChI is InChI=1S/C19H17ClN6O3/c1-11-18(13-7-22-23-8-13)21-10-26(19(11)28)9-17-24-16(25-29-17)6-15(27)12-2-4-14(20)5-3-12/h2-5,7-8,10,15,27H,6,9H2,1H3,(H,22,23)/t15-/m0/s1. The third-order valence-corrected chi connectivity index (χ3v) is 4.73. The fourth-order valence-corrected chi connectivity index (χ4v) is 3.06. The summed E-state index contributed by atoms with van der Waals surface area (Å²) in [5.74, 6) is 0.595. The highest BCUT2D eigenvalue weighted by Crippen LogP contribution is 2.20. The van der Waals surface area contributed by atoms with Crippen LogP contribution in [0, 0.1) is 6.92 Å². The monoisotopic (exact) mass is 412 g/mol. The summed E-state index contributed by atoms with van der Waals surface area (Å²) in [7, 11) is 0. The van der Waals surface area contributed by atoms with E-state index in [0.29, 0.717) is 27.7 Å². The maximum atomic E-state index is 12.6. The van der Waals surface area contributed by atoms with E-state index in [-0.39, 0.29) is 24.4 Å². The topological polar surface area (TPSA) is 123 Å². The average molecular weight is 413 g/mol. The van der Waals surface area contributed by atoms with Gasteiger partial charge in [-0.3, -0.25) is 14.5 Å². The van der Waals surface area contributed by atoms with E-state index in [2.05, 4.69) is 25.3 Å². The van der Waals surface area contributed by atoms with Crippen LogP contribution in [0.4, 0.5) is 0 Å². The Labute approximate surface area is 170 Å². The number of halogens is 1. The molecule has 0 spiro atoms. The zero-order valence-electron chi connectivity index (χ0n) is 15.4. The predicted molar refractivity (Wildman–Crippen MR) is 104 cm³/mol. The fraction of sp³-hybridized carbons (Fsp3) is 0.211. The van der Waals surface area contributed by atoms with Crippen molar-refractivity contribution >= 4 is 11.6 Å². The van der Waals surface area contributed by atoms with Crippen LogP contribution in [-0.2, 0) is 13.0 Å². The van der Waals surface area contributed by atoms with Gasteiger partial charge in [-0.1, -0.05) is 28.9 Å². The number of hydrogen-bond acceptors (Lipinski definition) is 7. The largest absolute Gasteiger partial charge is 0.388 e. The second-order valence-corrected chi connectivity index (χ2v) is 6.95. The van der Waals surface area contributed by atoms with Crippen molar-refractivity contribution in [1.29, 1.82) is 0 Å². The summed E-state index contributed by atoms with van der Waals surface area (Å²) in [6.45, 7) is 1.79. The van der Waals surface area contributed by atoms with Gasteiger partial charge in [0.05, 0.1) is 24.3 Å². The number of benzene rings is 1. The molecule has 0 amide bonds. The van der Waals surface area contributed by atoms with E-state index in [1.54, 1.807) is 43.6 Å². The number of aromatic nitrogens is 6. The van der Waals surface area contributed by atoms with Crippen LogP contribution >= 0.6 is 11.6 Å². The van der Waals surface area contributed by atoms with Crippen LogP contribution in [0.25, 0.3) is 11.3 Å². The highest BCUT2D eigenvalue weighted by Gasteiger charge is 2.16. The molecule has 9 nitrogen and oxygen atoms in total. The Balaban J connectivity index is 1.48. The van der Waals surface area contributed by atoms with Crippen molar-refractivity contribution in [3.63, 3.8) is 0 Å². The third-order valence-electron chi connectivity index (χ3n) is 4.48. The lowest BCUT2D eigenvalue weighted by molar-refractivity contribution is 0.174. The predicted octanol–water partition coefficient (Wildman–Crippen LogP) is 2.30. The molecular formula is C19H17ClN6O3. The highest BCUT2D eigenvalue weighted by atomic mass is 35.5. The summed E-state index contributed by atoms with van der Waals surface area (Å²) in [6.07, 6.45) is 4.10. The van der Waals surface area contributed by atoms with Gasteiger partial charge >= 0.3 is 0 Å². The van der Waals surface area contributed by atoms with Gasteiger partial charge in [0.25, 0.3) is 5.56 Å². The van der Waals surface area contributed by atoms with E-state index in [4.69, 9.17) is 16.1 Å². The number of hydrogen-bond donors (Lipinski definition) is 2. The van der Waals surface area contributed by atoms with Gasteiger partial charge < -0.3 is 9.63 Å². The Hall–Kier alpha value is -3.30. The minimum Gasteiger partial charge on any atom is -0.388 e. The summed E-state index contributed by atoms with van der Waals surface area (Å²) in [5.41, 5.74) is 2.29. The molecule has 0 bridgehead atoms. The molecular weight excluding hydrogens is 396 g/mol. The lowest BCUT2D eigenvalue weighted by Crippen LogP contribution is -2.24. The molecule has 0 aliphatic rings. The third kappa shape index (κ3) is 4.10. The van der Waals surface area contributed by atoms with Gasteiger partial charge in [-0.25, -0.2) is 4.98 Å². The SMILES string of the molecule is Cc1c(-c2cn[nH]c2)ncn(Cc2nc(C[C@H](O)c3ccc(Cl)cc3)no2)c1=O. The van der Waals surface area contributed by atoms with Crippen molar-refractivity contribution in [2.75, 3.05) is 0 Å². The van der Waals surface area contributed by atoms with Crippen molar-refractivity contribution in [2.45, 2.75) is 26.0 Å². The van der Waals surface area contributed by atoms with Crippen LogP contribution in [0.5, 0.6) is 0 Å². The minimum atomic E-state index is -0.793. The first kappa shape index (κ1) is 19.0. The molecule has 3 aromatic heterocycles. The quantitative estimate of drug-likeness (QED) is 0.498. The first-order valence-corrected chi connectivity index (χ1v) is 9.19. The molecule has 10 heteroatoms. The maximum Gasteiger partial charge on any atom is 0.257 e. The van der Waals surface area contributed by atoms with Gasteiger partial charge in [0.2, 0.25) is 5.89 Å². The molecule has 0 unspecified atom stereocenters. The Morgan fingerprint density at radius 2 is 2.10 bits per heavy atom. The molecule has 0 saturated carbocycles. The minimum absolute atomic E-state index is 0.0857. The van der Waals surface area contributed by atoms with Gasteiger partial charge in [0.1, 0.15) is 6.54 Å². The van der Waals surface area contributed by atoms with E-state index in [9.17, 15) is 9.90 Å². The van der Waals surface area contributed by atoms with Crippen molar-refractivity contribution in [2.24, 2.45) is 0 Å². The van der Waals surface area contributed by atoms with Crippen LogP contribution in [0.1, 0.15) is 28.9 Å². The van der Waals surface area contributed by atoms with Crippen LogP contribution in [0.2, 0.25) is 5.02 Å². The fourth-order valence-electron chi connectivity index (χ4n) is 2.94. The Bertz CT molecular complexity index is 1170. The van der Waals surface area contributed by atoms with Crippen molar-refractivity contribution < 1.29 is 9.63 Å². The number of aromatic amines is 1. The number of nitrogens with one attached hydrogen (secondary N) is 1. The Kier molecular flexibility index (Phi) is 5.24. The molecule has 29 heavy (non-hydrogen) atoms. The number of nitrogens with zero attached hydrogens (tertiary/aromatic N) is 5. The first-order chi connectivity index (χ1) is 14.0. The summed E-state index contributed by atoms with van der Waals surface area (Å²) < 4.78 is 6.62. The van der Waals surface area contributed by atoms with Gasteiger partial charge in [-0.15, -0.1) is 0 Å². The van der Waals surface area contributed by atoms with Crippen molar-refractivity contribution in [3.8, 4) is 11.3 Å². The Morgan fingerprint density at radius 3 is 2.83 bits per heavy atom. The van der Waals surface area contributed by atoms with Gasteiger partial charge in [-0.2, -0.15) is 10.1 Å². The summed E-state index contributed by atoms with van der Waals surface area (Å²) in [6, 6.07) is 6.89. The van der Waals surface area contributed by atoms with E-state index in [1.807, 2.05) is 0 Å². The molecule has 0 saturated heterocycles. The van der Waals surface area contributed by atoms with Crippen LogP contribution < -0.4 is 5.56 Å². The molecule has 0 radical (unpaired) electrons. The van der Waals surface area contributed by atoms with Gasteiger partial charge in [0.15, 0.2) is 5.82 Å². The molecule has 3 heterocycles. The van der Waals surface area contributed by atoms with E-state index >= 15 is 0 Å². The lowest BCUT2D eigenvalue weighted by Gasteiger charge is -2.08. The summed E-state index contributed by atoms with van der Waals surface area (Å²) in [5, 5.41) is 21.4. The normalized spacial score (nSPS) is 12.2. The molecule has 4 rings (SSSR count). The van der Waals surface area contributed by atoms with Crippen LogP contribution in [0.3, 0.4) is 0 Å². The van der Waals surface area contributed by atoms with E-state index in [1.165, 1.54) is 10.9 Å². The van der Waals surface area contributed by atoms with Crippen molar-refractivity contribution in [1.82, 2.24) is 29.9 Å². The number of rotatable bonds is 6. The summed E-state index contributed by atoms with van der Waals surface area (Å²) >= 11 is 5.86. The van der Waals surface area contributed by atoms with Crippen LogP contribution in [-0.4, -0.2) is 35.0 Å². The molecule has 4 aromatic rings. The van der Waals surface area contributed by atoms with Gasteiger partial charge in [-0.05, 0) is 24.6 Å². The Morgan fingerprint density at radius 1 is 1.31 bits per heavy atom. The highest BCUT2D eigenvalue weighted by molar-refractivity contribution is 6.30. The zero-order chi connectivity index (χ0) is 20.4. The van der Waals surface area contributed by atoms with Gasteiger partial charge in [0, 0.05) is 28.8 Å².